The number of hydrogen-bond donors (Lipinski definition) is 2. The molecule has 108 valence electrons. The lowest BCUT2D eigenvalue weighted by molar-refractivity contribution is -0.122. The first kappa shape index (κ1) is 16.3. The van der Waals surface area contributed by atoms with E-state index in [-0.39, 0.29) is 30.7 Å². The first-order chi connectivity index (χ1) is 8.29. The van der Waals surface area contributed by atoms with Gasteiger partial charge in [0.25, 0.3) is 0 Å². The van der Waals surface area contributed by atoms with Crippen molar-refractivity contribution >= 4 is 30.7 Å². The van der Waals surface area contributed by atoms with E-state index in [4.69, 9.17) is 0 Å². The van der Waals surface area contributed by atoms with Gasteiger partial charge in [0.1, 0.15) is 6.54 Å². The molecule has 2 unspecified atom stereocenters. The minimum absolute atomic E-state index is 0. The average Bonchev–Trinajstić information content (AvgIpc) is 2.89. The van der Waals surface area contributed by atoms with Crippen molar-refractivity contribution in [1.29, 1.82) is 0 Å². The van der Waals surface area contributed by atoms with Crippen LogP contribution in [-0.4, -0.2) is 33.8 Å². The Balaban J connectivity index is 0.000000902. The number of carbonyl (C=O) groups excluding carboxylic acids is 1. The first-order valence-electron chi connectivity index (χ1n) is 6.32. The summed E-state index contributed by atoms with van der Waals surface area (Å²) in [5.41, 5.74) is 0. The van der Waals surface area contributed by atoms with Gasteiger partial charge in [-0.05, 0) is 31.7 Å². The number of aromatic nitrogens is 2. The van der Waals surface area contributed by atoms with E-state index in [0.29, 0.717) is 24.7 Å². The van der Waals surface area contributed by atoms with Crippen LogP contribution in [0.4, 0.5) is 0 Å². The normalized spacial score (nSPS) is 28.1. The Labute approximate surface area is 125 Å². The van der Waals surface area contributed by atoms with Crippen LogP contribution in [0.3, 0.4) is 0 Å². The summed E-state index contributed by atoms with van der Waals surface area (Å²) in [5.74, 6) is 0.0694. The maximum Gasteiger partial charge on any atom is 0.241 e. The van der Waals surface area contributed by atoms with E-state index in [1.54, 1.807) is 10.9 Å². The van der Waals surface area contributed by atoms with Gasteiger partial charge in [0.15, 0.2) is 0 Å². The molecular formula is C12H20Cl2N4O. The maximum atomic E-state index is 11.8. The molecule has 19 heavy (non-hydrogen) atoms. The predicted molar refractivity (Wildman–Crippen MR) is 77.8 cm³/mol. The minimum Gasteiger partial charge on any atom is -0.352 e. The third kappa shape index (κ3) is 4.09. The fourth-order valence-electron chi connectivity index (χ4n) is 2.99. The molecule has 2 N–H and O–H groups in total. The molecular weight excluding hydrogens is 287 g/mol. The molecule has 1 amide bonds. The van der Waals surface area contributed by atoms with Crippen LogP contribution in [0.2, 0.25) is 0 Å². The van der Waals surface area contributed by atoms with Crippen LogP contribution >= 0.6 is 24.8 Å². The van der Waals surface area contributed by atoms with E-state index in [1.807, 2.05) is 12.3 Å². The largest absolute Gasteiger partial charge is 0.352 e. The van der Waals surface area contributed by atoms with Crippen LogP contribution in [0, 0.1) is 0 Å². The second-order valence-corrected chi connectivity index (χ2v) is 5.08. The van der Waals surface area contributed by atoms with Crippen LogP contribution in [0.1, 0.15) is 25.7 Å². The highest BCUT2D eigenvalue weighted by atomic mass is 35.5. The van der Waals surface area contributed by atoms with E-state index >= 15 is 0 Å². The number of hydrogen-bond acceptors (Lipinski definition) is 3. The Morgan fingerprint density at radius 3 is 2.58 bits per heavy atom. The summed E-state index contributed by atoms with van der Waals surface area (Å²) in [7, 11) is 0. The van der Waals surface area contributed by atoms with Crippen LogP contribution in [-0.2, 0) is 11.3 Å². The van der Waals surface area contributed by atoms with E-state index in [2.05, 4.69) is 15.7 Å². The molecule has 1 aromatic rings. The highest BCUT2D eigenvalue weighted by molar-refractivity contribution is 5.85. The van der Waals surface area contributed by atoms with Crippen molar-refractivity contribution in [1.82, 2.24) is 20.4 Å². The van der Waals surface area contributed by atoms with E-state index in [0.717, 1.165) is 12.8 Å². The first-order valence-corrected chi connectivity index (χ1v) is 6.32. The highest BCUT2D eigenvalue weighted by Crippen LogP contribution is 2.26. The third-order valence-electron chi connectivity index (χ3n) is 3.70. The van der Waals surface area contributed by atoms with Gasteiger partial charge in [-0.25, -0.2) is 0 Å². The Kier molecular flexibility index (Phi) is 6.10. The van der Waals surface area contributed by atoms with Gasteiger partial charge < -0.3 is 10.6 Å². The number of nitrogens with one attached hydrogen (secondary N) is 2. The van der Waals surface area contributed by atoms with Gasteiger partial charge in [-0.15, -0.1) is 24.8 Å². The minimum atomic E-state index is 0. The number of nitrogens with zero attached hydrogens (tertiary/aromatic N) is 2. The quantitative estimate of drug-likeness (QED) is 0.880. The Hall–Kier alpha value is -0.780. The van der Waals surface area contributed by atoms with Gasteiger partial charge in [-0.3, -0.25) is 9.48 Å². The van der Waals surface area contributed by atoms with Crippen molar-refractivity contribution in [3.8, 4) is 0 Å². The Bertz CT molecular complexity index is 386. The topological polar surface area (TPSA) is 59.0 Å². The van der Waals surface area contributed by atoms with Gasteiger partial charge in [0, 0.05) is 30.5 Å². The number of rotatable bonds is 3. The van der Waals surface area contributed by atoms with Crippen LogP contribution < -0.4 is 10.6 Å². The molecule has 2 bridgehead atoms. The highest BCUT2D eigenvalue weighted by Gasteiger charge is 2.33. The summed E-state index contributed by atoms with van der Waals surface area (Å²) in [6.07, 6.45) is 8.17. The summed E-state index contributed by atoms with van der Waals surface area (Å²) >= 11 is 0. The molecule has 3 heterocycles. The number of piperidine rings is 1. The summed E-state index contributed by atoms with van der Waals surface area (Å²) in [6, 6.07) is 3.40. The molecule has 0 saturated carbocycles. The zero-order valence-electron chi connectivity index (χ0n) is 10.6. The van der Waals surface area contributed by atoms with Gasteiger partial charge in [0.05, 0.1) is 0 Å². The molecule has 3 rings (SSSR count). The smallest absolute Gasteiger partial charge is 0.241 e. The standard InChI is InChI=1S/C12H18N4O.2ClH/c17-12(8-16-5-1-4-13-16)15-11-6-9-2-3-10(7-11)14-9;;/h1,4-5,9-11,14H,2-3,6-8H2,(H,15,17);2*1H. The van der Waals surface area contributed by atoms with E-state index < -0.39 is 0 Å². The van der Waals surface area contributed by atoms with E-state index in [9.17, 15) is 4.79 Å². The van der Waals surface area contributed by atoms with Crippen molar-refractivity contribution in [2.75, 3.05) is 0 Å². The molecule has 2 aliphatic rings. The van der Waals surface area contributed by atoms with Crippen LogP contribution in [0.5, 0.6) is 0 Å². The second kappa shape index (κ2) is 7.12. The van der Waals surface area contributed by atoms with Crippen molar-refractivity contribution in [3.05, 3.63) is 18.5 Å². The summed E-state index contributed by atoms with van der Waals surface area (Å²) in [6.45, 7) is 0.326. The zero-order valence-corrected chi connectivity index (χ0v) is 12.3. The molecule has 2 atom stereocenters. The summed E-state index contributed by atoms with van der Waals surface area (Å²) in [5, 5.41) is 10.7. The lowest BCUT2D eigenvalue weighted by Gasteiger charge is -2.29. The Morgan fingerprint density at radius 1 is 1.32 bits per heavy atom. The molecule has 2 saturated heterocycles. The van der Waals surface area contributed by atoms with Gasteiger partial charge in [-0.1, -0.05) is 0 Å². The van der Waals surface area contributed by atoms with E-state index in [1.165, 1.54) is 12.8 Å². The Morgan fingerprint density at radius 2 is 2.00 bits per heavy atom. The molecule has 0 aromatic carbocycles. The zero-order chi connectivity index (χ0) is 11.7. The summed E-state index contributed by atoms with van der Waals surface area (Å²) < 4.78 is 1.66. The summed E-state index contributed by atoms with van der Waals surface area (Å²) in [4.78, 5) is 11.8. The predicted octanol–water partition coefficient (Wildman–Crippen LogP) is 1.13. The van der Waals surface area contributed by atoms with Gasteiger partial charge in [-0.2, -0.15) is 5.10 Å². The van der Waals surface area contributed by atoms with Crippen molar-refractivity contribution in [3.63, 3.8) is 0 Å². The molecule has 5 nitrogen and oxygen atoms in total. The molecule has 0 spiro atoms. The molecule has 2 aliphatic heterocycles. The molecule has 0 aliphatic carbocycles. The number of fused-ring (bicyclic) bond motifs is 2. The molecule has 2 fully saturated rings. The van der Waals surface area contributed by atoms with Gasteiger partial charge in [0.2, 0.25) is 5.91 Å². The second-order valence-electron chi connectivity index (χ2n) is 5.08. The maximum absolute atomic E-state index is 11.8. The number of carbonyl (C=O) groups is 1. The average molecular weight is 307 g/mol. The third-order valence-corrected chi connectivity index (χ3v) is 3.70. The van der Waals surface area contributed by atoms with Crippen LogP contribution in [0.25, 0.3) is 0 Å². The fourth-order valence-corrected chi connectivity index (χ4v) is 2.99. The van der Waals surface area contributed by atoms with Crippen molar-refractivity contribution < 1.29 is 4.79 Å². The number of halogens is 2. The van der Waals surface area contributed by atoms with Crippen molar-refractivity contribution in [2.45, 2.75) is 50.4 Å². The SMILES string of the molecule is Cl.Cl.O=C(Cn1cccn1)NC1CC2CCC(C1)N2. The lowest BCUT2D eigenvalue weighted by Crippen LogP contribution is -2.48. The van der Waals surface area contributed by atoms with Crippen molar-refractivity contribution in [2.24, 2.45) is 0 Å². The number of amides is 1. The molecule has 0 radical (unpaired) electrons. The fraction of sp³-hybridized carbons (Fsp3) is 0.667. The van der Waals surface area contributed by atoms with Gasteiger partial charge >= 0.3 is 0 Å². The monoisotopic (exact) mass is 306 g/mol. The lowest BCUT2D eigenvalue weighted by atomic mass is 10.00. The molecule has 7 heteroatoms. The van der Waals surface area contributed by atoms with Crippen LogP contribution in [0.15, 0.2) is 18.5 Å². The molecule has 1 aromatic heterocycles.